The zero-order chi connectivity index (χ0) is 39.5. The topological polar surface area (TPSA) is 149 Å². The SMILES string of the molecule is CCCCCCC/C=C\C/C=C\C/C=C\CCCCCCCCCCCCC(=O)NC(COC1OC(CO)C(O)C(O)C1O)C(O)CCCCCCCC. The third kappa shape index (κ3) is 26.3. The molecule has 1 aliphatic heterocycles. The lowest BCUT2D eigenvalue weighted by Crippen LogP contribution is -2.60. The summed E-state index contributed by atoms with van der Waals surface area (Å²) in [7, 11) is 0. The molecule has 7 unspecified atom stereocenters. The maximum absolute atomic E-state index is 12.9. The van der Waals surface area contributed by atoms with E-state index in [-0.39, 0.29) is 12.5 Å². The number of hydrogen-bond donors (Lipinski definition) is 6. The van der Waals surface area contributed by atoms with Crippen LogP contribution in [0.3, 0.4) is 0 Å². The first kappa shape index (κ1) is 50.4. The Kier molecular flexibility index (Phi) is 33.4. The molecule has 6 N–H and O–H groups in total. The van der Waals surface area contributed by atoms with Crippen LogP contribution in [0.2, 0.25) is 0 Å². The second-order valence-electron chi connectivity index (χ2n) is 15.5. The molecule has 54 heavy (non-hydrogen) atoms. The Morgan fingerprint density at radius 1 is 0.630 bits per heavy atom. The molecule has 1 aliphatic rings. The zero-order valence-corrected chi connectivity index (χ0v) is 34.5. The Bertz CT molecular complexity index is 941. The van der Waals surface area contributed by atoms with Gasteiger partial charge in [-0.3, -0.25) is 4.79 Å². The average molecular weight is 766 g/mol. The molecule has 1 amide bonds. The molecule has 1 saturated heterocycles. The molecule has 316 valence electrons. The monoisotopic (exact) mass is 766 g/mol. The molecule has 0 aromatic heterocycles. The number of unbranched alkanes of at least 4 members (excludes halogenated alkanes) is 20. The first-order valence-electron chi connectivity index (χ1n) is 22.2. The van der Waals surface area contributed by atoms with Crippen LogP contribution < -0.4 is 5.32 Å². The van der Waals surface area contributed by atoms with Gasteiger partial charge in [-0.05, 0) is 51.4 Å². The lowest BCUT2D eigenvalue weighted by atomic mass is 9.99. The summed E-state index contributed by atoms with van der Waals surface area (Å²) in [6.07, 6.45) is 36.2. The van der Waals surface area contributed by atoms with Crippen molar-refractivity contribution in [2.45, 2.75) is 230 Å². The van der Waals surface area contributed by atoms with Crippen molar-refractivity contribution >= 4 is 5.91 Å². The summed E-state index contributed by atoms with van der Waals surface area (Å²) in [4.78, 5) is 12.9. The minimum absolute atomic E-state index is 0.141. The van der Waals surface area contributed by atoms with Crippen LogP contribution >= 0.6 is 0 Å². The van der Waals surface area contributed by atoms with Crippen molar-refractivity contribution in [2.24, 2.45) is 0 Å². The summed E-state index contributed by atoms with van der Waals surface area (Å²) in [6, 6.07) is -0.717. The molecule has 1 fully saturated rings. The second kappa shape index (κ2) is 35.8. The van der Waals surface area contributed by atoms with Gasteiger partial charge >= 0.3 is 0 Å². The van der Waals surface area contributed by atoms with Gasteiger partial charge in [0.05, 0.1) is 25.4 Å². The van der Waals surface area contributed by atoms with Crippen LogP contribution in [0.1, 0.15) is 187 Å². The molecule has 9 nitrogen and oxygen atoms in total. The van der Waals surface area contributed by atoms with Crippen molar-refractivity contribution < 1.29 is 39.8 Å². The molecule has 1 rings (SSSR count). The maximum atomic E-state index is 12.9. The van der Waals surface area contributed by atoms with Crippen LogP contribution in [0.4, 0.5) is 0 Å². The number of carbonyl (C=O) groups is 1. The van der Waals surface area contributed by atoms with Gasteiger partial charge in [0.2, 0.25) is 5.91 Å². The number of allylic oxidation sites excluding steroid dienone is 6. The van der Waals surface area contributed by atoms with Crippen LogP contribution in [0, 0.1) is 0 Å². The van der Waals surface area contributed by atoms with Crippen molar-refractivity contribution in [3.05, 3.63) is 36.5 Å². The Balaban J connectivity index is 2.18. The first-order chi connectivity index (χ1) is 26.3. The molecular formula is C45H83NO8. The molecule has 0 spiro atoms. The van der Waals surface area contributed by atoms with Crippen molar-refractivity contribution in [3.8, 4) is 0 Å². The fourth-order valence-electron chi connectivity index (χ4n) is 6.87. The number of rotatable bonds is 36. The van der Waals surface area contributed by atoms with E-state index in [1.54, 1.807) is 0 Å². The number of nitrogens with one attached hydrogen (secondary N) is 1. The molecule has 0 radical (unpaired) electrons. The van der Waals surface area contributed by atoms with E-state index < -0.39 is 49.5 Å². The number of hydrogen-bond acceptors (Lipinski definition) is 8. The zero-order valence-electron chi connectivity index (χ0n) is 34.5. The fourth-order valence-corrected chi connectivity index (χ4v) is 6.87. The van der Waals surface area contributed by atoms with E-state index in [2.05, 4.69) is 55.6 Å². The lowest BCUT2D eigenvalue weighted by molar-refractivity contribution is -0.302. The van der Waals surface area contributed by atoms with E-state index >= 15 is 0 Å². The van der Waals surface area contributed by atoms with Crippen molar-refractivity contribution in [1.29, 1.82) is 0 Å². The normalized spacial score (nSPS) is 21.8. The van der Waals surface area contributed by atoms with Crippen LogP contribution in [-0.4, -0.2) is 87.5 Å². The molecule has 0 aromatic rings. The maximum Gasteiger partial charge on any atom is 0.220 e. The van der Waals surface area contributed by atoms with Gasteiger partial charge in [-0.15, -0.1) is 0 Å². The highest BCUT2D eigenvalue weighted by atomic mass is 16.7. The number of carbonyl (C=O) groups excluding carboxylic acids is 1. The van der Waals surface area contributed by atoms with Gasteiger partial charge in [-0.1, -0.05) is 166 Å². The fraction of sp³-hybridized carbons (Fsp3) is 0.844. The minimum atomic E-state index is -1.55. The van der Waals surface area contributed by atoms with Gasteiger partial charge in [0.1, 0.15) is 24.4 Å². The summed E-state index contributed by atoms with van der Waals surface area (Å²) in [6.45, 7) is 3.74. The highest BCUT2D eigenvalue weighted by Crippen LogP contribution is 2.23. The summed E-state index contributed by atoms with van der Waals surface area (Å²) >= 11 is 0. The van der Waals surface area contributed by atoms with Gasteiger partial charge in [-0.2, -0.15) is 0 Å². The number of ether oxygens (including phenoxy) is 2. The summed E-state index contributed by atoms with van der Waals surface area (Å²) in [5, 5.41) is 53.9. The molecule has 0 aromatic carbocycles. The number of aliphatic hydroxyl groups is 5. The van der Waals surface area contributed by atoms with Crippen LogP contribution in [-0.2, 0) is 14.3 Å². The van der Waals surface area contributed by atoms with Gasteiger partial charge in [0.25, 0.3) is 0 Å². The molecule has 9 heteroatoms. The second-order valence-corrected chi connectivity index (χ2v) is 15.5. The van der Waals surface area contributed by atoms with Crippen LogP contribution in [0.25, 0.3) is 0 Å². The summed E-state index contributed by atoms with van der Waals surface area (Å²) in [5.74, 6) is -0.155. The smallest absolute Gasteiger partial charge is 0.220 e. The van der Waals surface area contributed by atoms with E-state index in [0.717, 1.165) is 51.4 Å². The quantitative estimate of drug-likeness (QED) is 0.0274. The molecular weight excluding hydrogens is 682 g/mol. The van der Waals surface area contributed by atoms with Crippen molar-refractivity contribution in [1.82, 2.24) is 5.32 Å². The van der Waals surface area contributed by atoms with E-state index in [0.29, 0.717) is 12.8 Å². The van der Waals surface area contributed by atoms with Crippen molar-refractivity contribution in [3.63, 3.8) is 0 Å². The Morgan fingerprint density at radius 2 is 1.09 bits per heavy atom. The number of amides is 1. The average Bonchev–Trinajstić information content (AvgIpc) is 3.17. The van der Waals surface area contributed by atoms with E-state index in [9.17, 15) is 30.3 Å². The molecule has 0 bridgehead atoms. The predicted octanol–water partition coefficient (Wildman–Crippen LogP) is 8.89. The van der Waals surface area contributed by atoms with Crippen molar-refractivity contribution in [2.75, 3.05) is 13.2 Å². The summed E-state index contributed by atoms with van der Waals surface area (Å²) < 4.78 is 11.2. The molecule has 1 heterocycles. The molecule has 0 aliphatic carbocycles. The van der Waals surface area contributed by atoms with Gasteiger partial charge in [-0.25, -0.2) is 0 Å². The first-order valence-corrected chi connectivity index (χ1v) is 22.2. The molecule has 7 atom stereocenters. The van der Waals surface area contributed by atoms with E-state index in [1.807, 2.05) is 0 Å². The Hall–Kier alpha value is -1.59. The Morgan fingerprint density at radius 3 is 1.61 bits per heavy atom. The highest BCUT2D eigenvalue weighted by molar-refractivity contribution is 5.76. The third-order valence-corrected chi connectivity index (χ3v) is 10.5. The van der Waals surface area contributed by atoms with Crippen LogP contribution in [0.5, 0.6) is 0 Å². The predicted molar refractivity (Wildman–Crippen MR) is 221 cm³/mol. The minimum Gasteiger partial charge on any atom is -0.394 e. The third-order valence-electron chi connectivity index (χ3n) is 10.5. The number of aliphatic hydroxyl groups excluding tert-OH is 5. The van der Waals surface area contributed by atoms with Crippen LogP contribution in [0.15, 0.2) is 36.5 Å². The largest absolute Gasteiger partial charge is 0.394 e. The van der Waals surface area contributed by atoms with E-state index in [1.165, 1.54) is 109 Å². The Labute approximate surface area is 330 Å². The van der Waals surface area contributed by atoms with Gasteiger partial charge in [0, 0.05) is 6.42 Å². The summed E-state index contributed by atoms with van der Waals surface area (Å²) in [5.41, 5.74) is 0. The lowest BCUT2D eigenvalue weighted by Gasteiger charge is -2.40. The molecule has 0 saturated carbocycles. The highest BCUT2D eigenvalue weighted by Gasteiger charge is 2.44. The van der Waals surface area contributed by atoms with E-state index in [4.69, 9.17) is 9.47 Å². The van der Waals surface area contributed by atoms with Gasteiger partial charge < -0.3 is 40.3 Å². The standard InChI is InChI=1S/C45H83NO8/c1-3-5-7-9-11-12-13-14-15-16-17-18-19-20-21-22-23-24-25-26-27-28-29-31-33-35-41(49)46-38(39(48)34-32-30-10-8-6-4-2)37-53-45-44(52)43(51)42(50)40(36-47)54-45/h13-14,16-17,19-20,38-40,42-45,47-48,50-52H,3-12,15,18,21-37H2,1-2H3,(H,46,49)/b14-13-,17-16-,20-19-. The van der Waals surface area contributed by atoms with Gasteiger partial charge in [0.15, 0.2) is 6.29 Å².